The molecule has 0 radical (unpaired) electrons. The summed E-state index contributed by atoms with van der Waals surface area (Å²) >= 11 is 1.69. The summed E-state index contributed by atoms with van der Waals surface area (Å²) < 4.78 is 0. The molecule has 4 rings (SSSR count). The molecular weight excluding hydrogens is 308 g/mol. The van der Waals surface area contributed by atoms with Crippen molar-refractivity contribution in [2.24, 2.45) is 0 Å². The van der Waals surface area contributed by atoms with Crippen molar-refractivity contribution in [2.75, 3.05) is 31.1 Å². The summed E-state index contributed by atoms with van der Waals surface area (Å²) in [5.41, 5.74) is 2.19. The molecule has 2 amide bonds. The molecule has 0 bridgehead atoms. The Balaban J connectivity index is 1.50. The maximum absolute atomic E-state index is 11.9. The van der Waals surface area contributed by atoms with E-state index in [1.165, 1.54) is 0 Å². The molecular formula is C17H20N4OS. The summed E-state index contributed by atoms with van der Waals surface area (Å²) in [5.74, 6) is 0. The van der Waals surface area contributed by atoms with E-state index in [4.69, 9.17) is 4.98 Å². The average molecular weight is 328 g/mol. The Hall–Kier alpha value is -2.08. The monoisotopic (exact) mass is 328 g/mol. The van der Waals surface area contributed by atoms with E-state index >= 15 is 0 Å². The first-order valence-corrected chi connectivity index (χ1v) is 8.99. The Kier molecular flexibility index (Phi) is 3.91. The fourth-order valence-electron chi connectivity index (χ4n) is 3.37. The number of amides is 2. The number of carbonyl (C=O) groups excluding carboxylic acids is 1. The van der Waals surface area contributed by atoms with Crippen LogP contribution in [-0.4, -0.2) is 48.1 Å². The maximum atomic E-state index is 11.9. The van der Waals surface area contributed by atoms with Crippen LogP contribution in [0.2, 0.25) is 0 Å². The summed E-state index contributed by atoms with van der Waals surface area (Å²) in [7, 11) is 0. The van der Waals surface area contributed by atoms with Crippen molar-refractivity contribution in [3.63, 3.8) is 0 Å². The Labute approximate surface area is 139 Å². The SMILES string of the molecule is O=C1NCCN1C1CCCN(c2nc(-c3ccccc3)cs2)C1. The van der Waals surface area contributed by atoms with E-state index in [0.717, 1.165) is 55.4 Å². The van der Waals surface area contributed by atoms with Gasteiger partial charge in [0.25, 0.3) is 0 Å². The molecule has 2 aliphatic rings. The molecule has 1 aromatic carbocycles. The standard InChI is InChI=1S/C17H20N4OS/c22-16-18-8-10-21(16)14-7-4-9-20(11-14)17-19-15(12-23-17)13-5-2-1-3-6-13/h1-3,5-6,12,14H,4,7-11H2,(H,18,22). The number of piperidine rings is 1. The highest BCUT2D eigenvalue weighted by molar-refractivity contribution is 7.14. The number of hydrogen-bond donors (Lipinski definition) is 1. The number of nitrogens with zero attached hydrogens (tertiary/aromatic N) is 3. The lowest BCUT2D eigenvalue weighted by Crippen LogP contribution is -2.49. The lowest BCUT2D eigenvalue weighted by molar-refractivity contribution is 0.189. The number of hydrogen-bond acceptors (Lipinski definition) is 4. The van der Waals surface area contributed by atoms with Crippen LogP contribution in [0.1, 0.15) is 12.8 Å². The summed E-state index contributed by atoms with van der Waals surface area (Å²) in [6, 6.07) is 10.7. The van der Waals surface area contributed by atoms with Gasteiger partial charge in [-0.25, -0.2) is 9.78 Å². The Morgan fingerprint density at radius 3 is 2.87 bits per heavy atom. The van der Waals surface area contributed by atoms with Crippen molar-refractivity contribution in [2.45, 2.75) is 18.9 Å². The van der Waals surface area contributed by atoms with Crippen LogP contribution in [-0.2, 0) is 0 Å². The van der Waals surface area contributed by atoms with Gasteiger partial charge in [-0.15, -0.1) is 11.3 Å². The first-order chi connectivity index (χ1) is 11.3. The van der Waals surface area contributed by atoms with E-state index in [0.29, 0.717) is 6.04 Å². The molecule has 23 heavy (non-hydrogen) atoms. The zero-order valence-electron chi connectivity index (χ0n) is 12.9. The van der Waals surface area contributed by atoms with Crippen molar-refractivity contribution >= 4 is 22.5 Å². The second kappa shape index (κ2) is 6.20. The van der Waals surface area contributed by atoms with Gasteiger partial charge < -0.3 is 15.1 Å². The van der Waals surface area contributed by atoms with Gasteiger partial charge in [-0.05, 0) is 12.8 Å². The van der Waals surface area contributed by atoms with Crippen molar-refractivity contribution < 1.29 is 4.79 Å². The van der Waals surface area contributed by atoms with Crippen LogP contribution in [0, 0.1) is 0 Å². The summed E-state index contributed by atoms with van der Waals surface area (Å²) in [5, 5.41) is 6.09. The summed E-state index contributed by atoms with van der Waals surface area (Å²) in [4.78, 5) is 21.0. The quantitative estimate of drug-likeness (QED) is 0.942. The van der Waals surface area contributed by atoms with Crippen molar-refractivity contribution in [1.29, 1.82) is 0 Å². The molecule has 1 N–H and O–H groups in total. The van der Waals surface area contributed by atoms with Crippen LogP contribution in [0.3, 0.4) is 0 Å². The number of nitrogens with one attached hydrogen (secondary N) is 1. The number of urea groups is 1. The lowest BCUT2D eigenvalue weighted by atomic mass is 10.1. The second-order valence-electron chi connectivity index (χ2n) is 6.05. The van der Waals surface area contributed by atoms with E-state index in [9.17, 15) is 4.79 Å². The molecule has 1 aromatic heterocycles. The molecule has 1 unspecified atom stereocenters. The largest absolute Gasteiger partial charge is 0.346 e. The zero-order chi connectivity index (χ0) is 15.6. The minimum Gasteiger partial charge on any atom is -0.346 e. The van der Waals surface area contributed by atoms with Gasteiger partial charge in [-0.2, -0.15) is 0 Å². The van der Waals surface area contributed by atoms with Crippen molar-refractivity contribution in [3.05, 3.63) is 35.7 Å². The van der Waals surface area contributed by atoms with E-state index in [1.54, 1.807) is 11.3 Å². The molecule has 2 aliphatic heterocycles. The summed E-state index contributed by atoms with van der Waals surface area (Å²) in [6.45, 7) is 3.50. The van der Waals surface area contributed by atoms with Gasteiger partial charge in [0.15, 0.2) is 5.13 Å². The number of thiazole rings is 1. The highest BCUT2D eigenvalue weighted by atomic mass is 32.1. The maximum Gasteiger partial charge on any atom is 0.317 e. The van der Waals surface area contributed by atoms with Crippen LogP contribution in [0.25, 0.3) is 11.3 Å². The summed E-state index contributed by atoms with van der Waals surface area (Å²) in [6.07, 6.45) is 2.19. The third kappa shape index (κ3) is 2.91. The molecule has 2 saturated heterocycles. The van der Waals surface area contributed by atoms with Gasteiger partial charge >= 0.3 is 6.03 Å². The predicted molar refractivity (Wildman–Crippen MR) is 92.9 cm³/mol. The number of anilines is 1. The van der Waals surface area contributed by atoms with E-state index in [2.05, 4.69) is 27.7 Å². The van der Waals surface area contributed by atoms with Gasteiger partial charge in [-0.3, -0.25) is 0 Å². The van der Waals surface area contributed by atoms with Crippen LogP contribution in [0.15, 0.2) is 35.7 Å². The highest BCUT2D eigenvalue weighted by Gasteiger charge is 2.32. The first-order valence-electron chi connectivity index (χ1n) is 8.11. The third-order valence-electron chi connectivity index (χ3n) is 4.56. The molecule has 2 aromatic rings. The minimum absolute atomic E-state index is 0.0842. The molecule has 2 fully saturated rings. The Morgan fingerprint density at radius 2 is 2.09 bits per heavy atom. The topological polar surface area (TPSA) is 48.5 Å². The van der Waals surface area contributed by atoms with Gasteiger partial charge in [-0.1, -0.05) is 30.3 Å². The second-order valence-corrected chi connectivity index (χ2v) is 6.89. The molecule has 0 saturated carbocycles. The van der Waals surface area contributed by atoms with Crippen LogP contribution >= 0.6 is 11.3 Å². The minimum atomic E-state index is 0.0842. The number of aromatic nitrogens is 1. The average Bonchev–Trinajstić information content (AvgIpc) is 3.25. The smallest absolute Gasteiger partial charge is 0.317 e. The Bertz CT molecular complexity index is 687. The lowest BCUT2D eigenvalue weighted by Gasteiger charge is -2.36. The molecule has 3 heterocycles. The van der Waals surface area contributed by atoms with E-state index in [1.807, 2.05) is 23.1 Å². The van der Waals surface area contributed by atoms with Crippen LogP contribution in [0.5, 0.6) is 0 Å². The van der Waals surface area contributed by atoms with Crippen molar-refractivity contribution in [1.82, 2.24) is 15.2 Å². The molecule has 0 spiro atoms. The van der Waals surface area contributed by atoms with Gasteiger partial charge in [0.2, 0.25) is 0 Å². The third-order valence-corrected chi connectivity index (χ3v) is 5.46. The highest BCUT2D eigenvalue weighted by Crippen LogP contribution is 2.30. The number of rotatable bonds is 3. The van der Waals surface area contributed by atoms with Crippen molar-refractivity contribution in [3.8, 4) is 11.3 Å². The molecule has 5 nitrogen and oxygen atoms in total. The molecule has 0 aliphatic carbocycles. The van der Waals surface area contributed by atoms with Gasteiger partial charge in [0, 0.05) is 37.1 Å². The van der Waals surface area contributed by atoms with Gasteiger partial charge in [0.1, 0.15) is 0 Å². The zero-order valence-corrected chi connectivity index (χ0v) is 13.8. The first kappa shape index (κ1) is 14.5. The molecule has 120 valence electrons. The molecule has 1 atom stereocenters. The number of benzene rings is 1. The van der Waals surface area contributed by atoms with Crippen LogP contribution in [0.4, 0.5) is 9.93 Å². The fourth-order valence-corrected chi connectivity index (χ4v) is 4.24. The Morgan fingerprint density at radius 1 is 1.22 bits per heavy atom. The van der Waals surface area contributed by atoms with E-state index in [-0.39, 0.29) is 6.03 Å². The predicted octanol–water partition coefficient (Wildman–Crippen LogP) is 2.80. The van der Waals surface area contributed by atoms with E-state index < -0.39 is 0 Å². The van der Waals surface area contributed by atoms with Gasteiger partial charge in [0.05, 0.1) is 11.7 Å². The number of carbonyl (C=O) groups is 1. The molecule has 6 heteroatoms. The van der Waals surface area contributed by atoms with Crippen LogP contribution < -0.4 is 10.2 Å². The normalized spacial score (nSPS) is 21.6. The fraction of sp³-hybridized carbons (Fsp3) is 0.412.